The molecule has 0 bridgehead atoms. The molecule has 2 N–H and O–H groups in total. The standard InChI is InChI=1S/C16H22N2O3.ClH/c1-11(10-17)16(19)18-6-2-3-13(18)12-4-5-14-15(9-12)21-8-7-20-14;/h4-5,9,11,13H,2-3,6-8,10,17H2,1H3;1H. The zero-order valence-corrected chi connectivity index (χ0v) is 13.6. The fourth-order valence-electron chi connectivity index (χ4n) is 3.03. The molecule has 2 heterocycles. The molecular formula is C16H23ClN2O3. The second-order valence-electron chi connectivity index (χ2n) is 5.73. The largest absolute Gasteiger partial charge is 0.486 e. The number of hydrogen-bond acceptors (Lipinski definition) is 4. The van der Waals surface area contributed by atoms with Crippen LogP contribution < -0.4 is 15.2 Å². The number of benzene rings is 1. The lowest BCUT2D eigenvalue weighted by Crippen LogP contribution is -2.37. The van der Waals surface area contributed by atoms with Crippen LogP contribution >= 0.6 is 12.4 Å². The molecule has 0 aromatic heterocycles. The van der Waals surface area contributed by atoms with Gasteiger partial charge < -0.3 is 20.1 Å². The molecule has 3 rings (SSSR count). The predicted octanol–water partition coefficient (Wildman–Crippen LogP) is 2.14. The molecule has 5 nitrogen and oxygen atoms in total. The van der Waals surface area contributed by atoms with Gasteiger partial charge in [0.05, 0.1) is 6.04 Å². The maximum atomic E-state index is 12.4. The second kappa shape index (κ2) is 7.20. The Hall–Kier alpha value is -1.46. The van der Waals surface area contributed by atoms with Gasteiger partial charge in [-0.25, -0.2) is 0 Å². The van der Waals surface area contributed by atoms with Crippen molar-refractivity contribution in [3.8, 4) is 11.5 Å². The summed E-state index contributed by atoms with van der Waals surface area (Å²) < 4.78 is 11.2. The molecule has 0 radical (unpaired) electrons. The minimum atomic E-state index is -0.122. The Bertz CT molecular complexity index is 538. The van der Waals surface area contributed by atoms with Gasteiger partial charge in [-0.15, -0.1) is 12.4 Å². The van der Waals surface area contributed by atoms with Crippen molar-refractivity contribution in [3.63, 3.8) is 0 Å². The van der Waals surface area contributed by atoms with E-state index in [0.29, 0.717) is 19.8 Å². The summed E-state index contributed by atoms with van der Waals surface area (Å²) in [6.07, 6.45) is 2.02. The van der Waals surface area contributed by atoms with Crippen molar-refractivity contribution in [1.29, 1.82) is 0 Å². The lowest BCUT2D eigenvalue weighted by atomic mass is 10.0. The summed E-state index contributed by atoms with van der Waals surface area (Å²) in [6.45, 7) is 4.26. The van der Waals surface area contributed by atoms with E-state index in [2.05, 4.69) is 0 Å². The molecule has 6 heteroatoms. The summed E-state index contributed by atoms with van der Waals surface area (Å²) >= 11 is 0. The van der Waals surface area contributed by atoms with Crippen molar-refractivity contribution >= 4 is 18.3 Å². The Morgan fingerprint density at radius 1 is 1.36 bits per heavy atom. The first-order valence-corrected chi connectivity index (χ1v) is 7.61. The van der Waals surface area contributed by atoms with Gasteiger partial charge in [0.25, 0.3) is 0 Å². The number of ether oxygens (including phenoxy) is 2. The van der Waals surface area contributed by atoms with Crippen LogP contribution in [0, 0.1) is 5.92 Å². The number of nitrogens with two attached hydrogens (primary N) is 1. The second-order valence-corrected chi connectivity index (χ2v) is 5.73. The summed E-state index contributed by atoms with van der Waals surface area (Å²) in [5, 5.41) is 0. The minimum absolute atomic E-state index is 0. The third-order valence-electron chi connectivity index (χ3n) is 4.26. The lowest BCUT2D eigenvalue weighted by Gasteiger charge is -2.28. The Labute approximate surface area is 137 Å². The molecule has 2 aliphatic heterocycles. The van der Waals surface area contributed by atoms with Crippen molar-refractivity contribution < 1.29 is 14.3 Å². The van der Waals surface area contributed by atoms with E-state index in [1.165, 1.54) is 0 Å². The molecule has 1 fully saturated rings. The molecule has 0 saturated carbocycles. The highest BCUT2D eigenvalue weighted by atomic mass is 35.5. The highest BCUT2D eigenvalue weighted by Gasteiger charge is 2.32. The fourth-order valence-corrected chi connectivity index (χ4v) is 3.03. The van der Waals surface area contributed by atoms with Crippen LogP contribution in [0.1, 0.15) is 31.4 Å². The van der Waals surface area contributed by atoms with Crippen molar-refractivity contribution in [2.24, 2.45) is 11.7 Å². The first-order valence-electron chi connectivity index (χ1n) is 7.61. The highest BCUT2D eigenvalue weighted by Crippen LogP contribution is 2.38. The van der Waals surface area contributed by atoms with Crippen LogP contribution in [0.3, 0.4) is 0 Å². The van der Waals surface area contributed by atoms with E-state index in [-0.39, 0.29) is 30.3 Å². The average Bonchev–Trinajstić information content (AvgIpc) is 3.02. The number of hydrogen-bond donors (Lipinski definition) is 1. The summed E-state index contributed by atoms with van der Waals surface area (Å²) in [7, 11) is 0. The van der Waals surface area contributed by atoms with E-state index >= 15 is 0 Å². The molecule has 1 aromatic rings. The van der Waals surface area contributed by atoms with Crippen molar-refractivity contribution in [3.05, 3.63) is 23.8 Å². The monoisotopic (exact) mass is 326 g/mol. The Balaban J connectivity index is 0.00000176. The topological polar surface area (TPSA) is 64.8 Å². The number of carbonyl (C=O) groups excluding carboxylic acids is 1. The SMILES string of the molecule is CC(CN)C(=O)N1CCCC1c1ccc2c(c1)OCCO2.Cl. The van der Waals surface area contributed by atoms with Crippen LogP contribution in [0.4, 0.5) is 0 Å². The van der Waals surface area contributed by atoms with Gasteiger partial charge in [-0.2, -0.15) is 0 Å². The van der Waals surface area contributed by atoms with E-state index in [9.17, 15) is 4.79 Å². The third kappa shape index (κ3) is 3.15. The zero-order chi connectivity index (χ0) is 14.8. The van der Waals surface area contributed by atoms with Gasteiger partial charge >= 0.3 is 0 Å². The van der Waals surface area contributed by atoms with Crippen LogP contribution in [0.5, 0.6) is 11.5 Å². The normalized spacial score (nSPS) is 21.2. The highest BCUT2D eigenvalue weighted by molar-refractivity contribution is 5.85. The van der Waals surface area contributed by atoms with E-state index in [4.69, 9.17) is 15.2 Å². The molecule has 1 aromatic carbocycles. The van der Waals surface area contributed by atoms with Crippen LogP contribution in [0.2, 0.25) is 0 Å². The Morgan fingerprint density at radius 2 is 2.09 bits per heavy atom. The quantitative estimate of drug-likeness (QED) is 0.924. The molecule has 122 valence electrons. The van der Waals surface area contributed by atoms with Crippen molar-refractivity contribution in [2.75, 3.05) is 26.3 Å². The number of carbonyl (C=O) groups is 1. The van der Waals surface area contributed by atoms with Crippen LogP contribution in [0.25, 0.3) is 0 Å². The average molecular weight is 327 g/mol. The first-order chi connectivity index (χ1) is 10.2. The van der Waals surface area contributed by atoms with E-state index in [1.807, 2.05) is 30.0 Å². The summed E-state index contributed by atoms with van der Waals surface area (Å²) in [5.41, 5.74) is 6.75. The molecule has 1 saturated heterocycles. The maximum absolute atomic E-state index is 12.4. The van der Waals surface area contributed by atoms with Crippen LogP contribution in [-0.4, -0.2) is 37.1 Å². The van der Waals surface area contributed by atoms with Gasteiger partial charge in [0.1, 0.15) is 13.2 Å². The van der Waals surface area contributed by atoms with E-state index in [1.54, 1.807) is 0 Å². The van der Waals surface area contributed by atoms with Gasteiger partial charge in [0, 0.05) is 19.0 Å². The smallest absolute Gasteiger partial charge is 0.227 e. The molecule has 0 aliphatic carbocycles. The molecular weight excluding hydrogens is 304 g/mol. The molecule has 22 heavy (non-hydrogen) atoms. The van der Waals surface area contributed by atoms with Gasteiger partial charge in [0.2, 0.25) is 5.91 Å². The fraction of sp³-hybridized carbons (Fsp3) is 0.562. The zero-order valence-electron chi connectivity index (χ0n) is 12.8. The number of halogens is 1. The molecule has 2 aliphatic rings. The third-order valence-corrected chi connectivity index (χ3v) is 4.26. The minimum Gasteiger partial charge on any atom is -0.486 e. The van der Waals surface area contributed by atoms with E-state index in [0.717, 1.165) is 36.4 Å². The summed E-state index contributed by atoms with van der Waals surface area (Å²) in [4.78, 5) is 14.4. The van der Waals surface area contributed by atoms with Gasteiger partial charge in [-0.3, -0.25) is 4.79 Å². The lowest BCUT2D eigenvalue weighted by molar-refractivity contribution is -0.135. The Morgan fingerprint density at radius 3 is 2.82 bits per heavy atom. The van der Waals surface area contributed by atoms with Crippen molar-refractivity contribution in [2.45, 2.75) is 25.8 Å². The van der Waals surface area contributed by atoms with Crippen LogP contribution in [-0.2, 0) is 4.79 Å². The molecule has 2 atom stereocenters. The molecule has 2 unspecified atom stereocenters. The molecule has 0 spiro atoms. The van der Waals surface area contributed by atoms with E-state index < -0.39 is 0 Å². The first kappa shape index (κ1) is 16.9. The number of likely N-dealkylation sites (tertiary alicyclic amines) is 1. The van der Waals surface area contributed by atoms with Gasteiger partial charge in [-0.05, 0) is 30.5 Å². The van der Waals surface area contributed by atoms with Crippen molar-refractivity contribution in [1.82, 2.24) is 4.90 Å². The van der Waals surface area contributed by atoms with Crippen LogP contribution in [0.15, 0.2) is 18.2 Å². The van der Waals surface area contributed by atoms with Gasteiger partial charge in [0.15, 0.2) is 11.5 Å². The number of fused-ring (bicyclic) bond motifs is 1. The number of nitrogens with zero attached hydrogens (tertiary/aromatic N) is 1. The van der Waals surface area contributed by atoms with Gasteiger partial charge in [-0.1, -0.05) is 13.0 Å². The summed E-state index contributed by atoms with van der Waals surface area (Å²) in [5.74, 6) is 1.60. The summed E-state index contributed by atoms with van der Waals surface area (Å²) in [6, 6.07) is 6.12. The predicted molar refractivity (Wildman–Crippen MR) is 86.6 cm³/mol. The maximum Gasteiger partial charge on any atom is 0.227 e. The Kier molecular flexibility index (Phi) is 5.53. The number of rotatable bonds is 3. The number of amides is 1. The molecule has 1 amide bonds.